The zero-order valence-corrected chi connectivity index (χ0v) is 13.5. The standard InChI is InChI=1S/C19H19NO3/c1-4-23-17-8-6-5-7-15(17)11-16(13-20)14-9-10-18(21-2)19(12-14)22-3/h5-12H,4H2,1-3H3/b16-11+. The van der Waals surface area contributed by atoms with Crippen LogP contribution in [0.25, 0.3) is 11.6 Å². The molecule has 4 heteroatoms. The number of ether oxygens (including phenoxy) is 3. The lowest BCUT2D eigenvalue weighted by Crippen LogP contribution is -1.94. The van der Waals surface area contributed by atoms with E-state index in [0.29, 0.717) is 23.7 Å². The third-order valence-electron chi connectivity index (χ3n) is 3.33. The number of methoxy groups -OCH3 is 2. The minimum atomic E-state index is 0.526. The summed E-state index contributed by atoms with van der Waals surface area (Å²) < 4.78 is 16.1. The number of nitrogens with zero attached hydrogens (tertiary/aromatic N) is 1. The molecule has 0 N–H and O–H groups in total. The lowest BCUT2D eigenvalue weighted by Gasteiger charge is -2.10. The van der Waals surface area contributed by atoms with Crippen LogP contribution >= 0.6 is 0 Å². The molecule has 23 heavy (non-hydrogen) atoms. The fraction of sp³-hybridized carbons (Fsp3) is 0.211. The summed E-state index contributed by atoms with van der Waals surface area (Å²) in [5, 5.41) is 9.52. The molecule has 0 atom stereocenters. The van der Waals surface area contributed by atoms with E-state index in [-0.39, 0.29) is 0 Å². The van der Waals surface area contributed by atoms with Crippen LogP contribution < -0.4 is 14.2 Å². The number of rotatable bonds is 6. The number of benzene rings is 2. The van der Waals surface area contributed by atoms with Gasteiger partial charge in [-0.05, 0) is 42.8 Å². The van der Waals surface area contributed by atoms with Gasteiger partial charge >= 0.3 is 0 Å². The lowest BCUT2D eigenvalue weighted by atomic mass is 10.0. The Kier molecular flexibility index (Phi) is 5.65. The Balaban J connectivity index is 2.46. The number of allylic oxidation sites excluding steroid dienone is 1. The molecule has 118 valence electrons. The van der Waals surface area contributed by atoms with Crippen LogP contribution in [0.1, 0.15) is 18.1 Å². The fourth-order valence-electron chi connectivity index (χ4n) is 2.23. The first-order chi connectivity index (χ1) is 11.2. The third kappa shape index (κ3) is 3.83. The first kappa shape index (κ1) is 16.4. The first-order valence-electron chi connectivity index (χ1n) is 7.29. The van der Waals surface area contributed by atoms with Gasteiger partial charge in [-0.15, -0.1) is 0 Å². The second-order valence-electron chi connectivity index (χ2n) is 4.71. The van der Waals surface area contributed by atoms with E-state index in [0.717, 1.165) is 16.9 Å². The van der Waals surface area contributed by atoms with Crippen LogP contribution in [0.5, 0.6) is 17.2 Å². The van der Waals surface area contributed by atoms with Crippen LogP contribution in [0.4, 0.5) is 0 Å². The Labute approximate surface area is 136 Å². The van der Waals surface area contributed by atoms with Gasteiger partial charge in [-0.25, -0.2) is 0 Å². The van der Waals surface area contributed by atoms with E-state index >= 15 is 0 Å². The van der Waals surface area contributed by atoms with Crippen LogP contribution in [0.2, 0.25) is 0 Å². The van der Waals surface area contributed by atoms with E-state index in [4.69, 9.17) is 14.2 Å². The highest BCUT2D eigenvalue weighted by atomic mass is 16.5. The van der Waals surface area contributed by atoms with Crippen molar-refractivity contribution >= 4 is 11.6 Å². The van der Waals surface area contributed by atoms with Gasteiger partial charge in [-0.1, -0.05) is 18.2 Å². The van der Waals surface area contributed by atoms with Crippen LogP contribution in [0.3, 0.4) is 0 Å². The summed E-state index contributed by atoms with van der Waals surface area (Å²) in [7, 11) is 3.15. The zero-order chi connectivity index (χ0) is 16.7. The third-order valence-corrected chi connectivity index (χ3v) is 3.33. The Morgan fingerprint density at radius 3 is 2.43 bits per heavy atom. The molecule has 0 heterocycles. The maximum atomic E-state index is 9.52. The topological polar surface area (TPSA) is 51.5 Å². The molecular weight excluding hydrogens is 290 g/mol. The van der Waals surface area contributed by atoms with Gasteiger partial charge in [0.2, 0.25) is 0 Å². The summed E-state index contributed by atoms with van der Waals surface area (Å²) in [6.07, 6.45) is 1.81. The lowest BCUT2D eigenvalue weighted by molar-refractivity contribution is 0.339. The minimum Gasteiger partial charge on any atom is -0.493 e. The molecule has 0 amide bonds. The molecule has 0 aliphatic heterocycles. The quantitative estimate of drug-likeness (QED) is 0.593. The Bertz CT molecular complexity index is 745. The summed E-state index contributed by atoms with van der Waals surface area (Å²) >= 11 is 0. The van der Waals surface area contributed by atoms with E-state index in [1.54, 1.807) is 26.4 Å². The second-order valence-corrected chi connectivity index (χ2v) is 4.71. The van der Waals surface area contributed by atoms with Crippen molar-refractivity contribution in [3.8, 4) is 23.3 Å². The number of hydrogen-bond donors (Lipinski definition) is 0. The van der Waals surface area contributed by atoms with Crippen LogP contribution in [-0.4, -0.2) is 20.8 Å². The maximum Gasteiger partial charge on any atom is 0.161 e. The van der Waals surface area contributed by atoms with E-state index in [1.807, 2.05) is 43.3 Å². The predicted molar refractivity (Wildman–Crippen MR) is 90.6 cm³/mol. The van der Waals surface area contributed by atoms with Gasteiger partial charge < -0.3 is 14.2 Å². The molecule has 0 saturated carbocycles. The highest BCUT2D eigenvalue weighted by Crippen LogP contribution is 2.31. The number of hydrogen-bond acceptors (Lipinski definition) is 4. The Morgan fingerprint density at radius 2 is 1.78 bits per heavy atom. The Morgan fingerprint density at radius 1 is 1.04 bits per heavy atom. The van der Waals surface area contributed by atoms with Crippen molar-refractivity contribution in [2.75, 3.05) is 20.8 Å². The Hall–Kier alpha value is -2.93. The summed E-state index contributed by atoms with van der Waals surface area (Å²) in [5.41, 5.74) is 2.15. The van der Waals surface area contributed by atoms with E-state index in [1.165, 1.54) is 0 Å². The highest BCUT2D eigenvalue weighted by Gasteiger charge is 2.09. The summed E-state index contributed by atoms with van der Waals surface area (Å²) in [6, 6.07) is 15.3. The van der Waals surface area contributed by atoms with Gasteiger partial charge in [0.15, 0.2) is 11.5 Å². The molecule has 2 aromatic rings. The molecule has 0 unspecified atom stereocenters. The molecule has 4 nitrogen and oxygen atoms in total. The van der Waals surface area contributed by atoms with Gasteiger partial charge in [0.1, 0.15) is 5.75 Å². The van der Waals surface area contributed by atoms with E-state index in [9.17, 15) is 5.26 Å². The molecule has 0 fully saturated rings. The smallest absolute Gasteiger partial charge is 0.161 e. The van der Waals surface area contributed by atoms with Crippen molar-refractivity contribution in [1.29, 1.82) is 5.26 Å². The van der Waals surface area contributed by atoms with Crippen LogP contribution in [0.15, 0.2) is 42.5 Å². The predicted octanol–water partition coefficient (Wildman–Crippen LogP) is 4.17. The van der Waals surface area contributed by atoms with Crippen molar-refractivity contribution in [3.05, 3.63) is 53.6 Å². The SMILES string of the molecule is CCOc1ccccc1/C=C(\C#N)c1ccc(OC)c(OC)c1. The van der Waals surface area contributed by atoms with Gasteiger partial charge in [0, 0.05) is 5.56 Å². The summed E-state index contributed by atoms with van der Waals surface area (Å²) in [5.74, 6) is 1.97. The van der Waals surface area contributed by atoms with Crippen LogP contribution in [-0.2, 0) is 0 Å². The molecule has 2 rings (SSSR count). The largest absolute Gasteiger partial charge is 0.493 e. The van der Waals surface area contributed by atoms with Crippen molar-refractivity contribution in [3.63, 3.8) is 0 Å². The molecule has 0 aromatic heterocycles. The highest BCUT2D eigenvalue weighted by molar-refractivity contribution is 5.91. The molecule has 2 aromatic carbocycles. The molecule has 0 spiro atoms. The second kappa shape index (κ2) is 7.90. The van der Waals surface area contributed by atoms with Crippen molar-refractivity contribution < 1.29 is 14.2 Å². The molecule has 0 aliphatic rings. The maximum absolute atomic E-state index is 9.52. The zero-order valence-electron chi connectivity index (χ0n) is 13.5. The van der Waals surface area contributed by atoms with Gasteiger partial charge in [0.25, 0.3) is 0 Å². The van der Waals surface area contributed by atoms with Gasteiger partial charge in [-0.3, -0.25) is 0 Å². The molecule has 0 saturated heterocycles. The van der Waals surface area contributed by atoms with E-state index < -0.39 is 0 Å². The molecular formula is C19H19NO3. The van der Waals surface area contributed by atoms with Crippen molar-refractivity contribution in [1.82, 2.24) is 0 Å². The number of para-hydroxylation sites is 1. The van der Waals surface area contributed by atoms with Crippen molar-refractivity contribution in [2.24, 2.45) is 0 Å². The summed E-state index contributed by atoms with van der Waals surface area (Å²) in [6.45, 7) is 2.50. The van der Waals surface area contributed by atoms with Crippen molar-refractivity contribution in [2.45, 2.75) is 6.92 Å². The summed E-state index contributed by atoms with van der Waals surface area (Å²) in [4.78, 5) is 0. The molecule has 0 bridgehead atoms. The van der Waals surface area contributed by atoms with Gasteiger partial charge in [0.05, 0.1) is 32.5 Å². The average molecular weight is 309 g/mol. The molecule has 0 aliphatic carbocycles. The minimum absolute atomic E-state index is 0.526. The van der Waals surface area contributed by atoms with E-state index in [2.05, 4.69) is 6.07 Å². The first-order valence-corrected chi connectivity index (χ1v) is 7.29. The normalized spacial score (nSPS) is 10.8. The van der Waals surface area contributed by atoms with Crippen LogP contribution in [0, 0.1) is 11.3 Å². The molecule has 0 radical (unpaired) electrons. The van der Waals surface area contributed by atoms with Gasteiger partial charge in [-0.2, -0.15) is 5.26 Å². The monoisotopic (exact) mass is 309 g/mol. The fourth-order valence-corrected chi connectivity index (χ4v) is 2.23. The number of nitriles is 1. The average Bonchev–Trinajstić information content (AvgIpc) is 2.60.